The van der Waals surface area contributed by atoms with Crippen LogP contribution in [0.2, 0.25) is 5.02 Å². The third-order valence-electron chi connectivity index (χ3n) is 4.32. The zero-order valence-corrected chi connectivity index (χ0v) is 15.6. The lowest BCUT2D eigenvalue weighted by Gasteiger charge is -2.08. The number of anilines is 1. The van der Waals surface area contributed by atoms with Crippen LogP contribution in [0.3, 0.4) is 0 Å². The van der Waals surface area contributed by atoms with Crippen molar-refractivity contribution < 1.29 is 4.39 Å². The summed E-state index contributed by atoms with van der Waals surface area (Å²) in [5.41, 5.74) is 11.0. The topological polar surface area (TPSA) is 38.9 Å². The van der Waals surface area contributed by atoms with Gasteiger partial charge < -0.3 is 5.73 Å². The van der Waals surface area contributed by atoms with Gasteiger partial charge in [-0.25, -0.2) is 9.37 Å². The van der Waals surface area contributed by atoms with Gasteiger partial charge in [-0.2, -0.15) is 0 Å². The molecule has 0 aliphatic rings. The maximum absolute atomic E-state index is 14.0. The van der Waals surface area contributed by atoms with Crippen LogP contribution in [-0.2, 0) is 25.7 Å². The molecule has 0 saturated carbocycles. The quantitative estimate of drug-likeness (QED) is 0.638. The van der Waals surface area contributed by atoms with Gasteiger partial charge in [0.2, 0.25) is 0 Å². The number of aryl methyl sites for hydroxylation is 5. The Labute approximate surface area is 158 Å². The van der Waals surface area contributed by atoms with Crippen molar-refractivity contribution >= 4 is 17.4 Å². The Kier molecular flexibility index (Phi) is 5.89. The lowest BCUT2D eigenvalue weighted by Crippen LogP contribution is -2.00. The molecule has 0 aliphatic carbocycles. The number of halogens is 2. The highest BCUT2D eigenvalue weighted by Crippen LogP contribution is 2.17. The predicted octanol–water partition coefficient (Wildman–Crippen LogP) is 5.34. The van der Waals surface area contributed by atoms with Gasteiger partial charge in [-0.3, -0.25) is 0 Å². The van der Waals surface area contributed by atoms with E-state index in [0.29, 0.717) is 5.82 Å². The average molecular weight is 369 g/mol. The number of hydrogen-bond acceptors (Lipinski definition) is 2. The molecule has 0 aliphatic heterocycles. The molecule has 3 rings (SSSR count). The molecule has 0 radical (unpaired) electrons. The van der Waals surface area contributed by atoms with E-state index in [-0.39, 0.29) is 5.82 Å². The van der Waals surface area contributed by atoms with Crippen molar-refractivity contribution in [2.24, 2.45) is 0 Å². The summed E-state index contributed by atoms with van der Waals surface area (Å²) in [6.45, 7) is 2.00. The molecule has 134 valence electrons. The maximum atomic E-state index is 14.0. The summed E-state index contributed by atoms with van der Waals surface area (Å²) < 4.78 is 14.0. The van der Waals surface area contributed by atoms with E-state index in [1.54, 1.807) is 12.1 Å². The van der Waals surface area contributed by atoms with E-state index in [9.17, 15) is 4.39 Å². The number of rotatable bonds is 6. The molecule has 0 atom stereocenters. The van der Waals surface area contributed by atoms with Gasteiger partial charge in [0.1, 0.15) is 11.6 Å². The monoisotopic (exact) mass is 368 g/mol. The van der Waals surface area contributed by atoms with E-state index < -0.39 is 0 Å². The molecule has 0 bridgehead atoms. The van der Waals surface area contributed by atoms with Crippen LogP contribution in [0.1, 0.15) is 27.9 Å². The first-order valence-corrected chi connectivity index (χ1v) is 9.11. The van der Waals surface area contributed by atoms with E-state index >= 15 is 0 Å². The molecule has 0 unspecified atom stereocenters. The zero-order valence-electron chi connectivity index (χ0n) is 14.8. The third kappa shape index (κ3) is 5.30. The molecule has 3 aromatic rings. The van der Waals surface area contributed by atoms with E-state index in [1.165, 1.54) is 0 Å². The highest BCUT2D eigenvalue weighted by molar-refractivity contribution is 6.30. The minimum Gasteiger partial charge on any atom is -0.384 e. The summed E-state index contributed by atoms with van der Waals surface area (Å²) >= 11 is 6.02. The average Bonchev–Trinajstić information content (AvgIpc) is 2.57. The van der Waals surface area contributed by atoms with Crippen LogP contribution in [0.4, 0.5) is 10.2 Å². The molecule has 0 amide bonds. The van der Waals surface area contributed by atoms with Crippen LogP contribution >= 0.6 is 11.6 Å². The van der Waals surface area contributed by atoms with Crippen molar-refractivity contribution in [1.82, 2.24) is 4.98 Å². The van der Waals surface area contributed by atoms with Crippen molar-refractivity contribution in [3.63, 3.8) is 0 Å². The van der Waals surface area contributed by atoms with Gasteiger partial charge >= 0.3 is 0 Å². The summed E-state index contributed by atoms with van der Waals surface area (Å²) in [5.74, 6) is 0.335. The van der Waals surface area contributed by atoms with Crippen molar-refractivity contribution in [3.05, 3.63) is 93.4 Å². The number of nitrogens with zero attached hydrogens (tertiary/aromatic N) is 1. The van der Waals surface area contributed by atoms with E-state index in [0.717, 1.165) is 58.7 Å². The van der Waals surface area contributed by atoms with E-state index in [4.69, 9.17) is 17.3 Å². The Balaban J connectivity index is 1.67. The van der Waals surface area contributed by atoms with Gasteiger partial charge in [-0.05, 0) is 91.3 Å². The number of nitrogens with two attached hydrogens (primary N) is 1. The zero-order chi connectivity index (χ0) is 18.5. The van der Waals surface area contributed by atoms with Crippen molar-refractivity contribution in [2.45, 2.75) is 32.6 Å². The molecule has 1 heterocycles. The largest absolute Gasteiger partial charge is 0.384 e. The van der Waals surface area contributed by atoms with Crippen LogP contribution in [0.25, 0.3) is 0 Å². The minimum absolute atomic E-state index is 0.194. The highest BCUT2D eigenvalue weighted by Gasteiger charge is 2.05. The fraction of sp³-hybridized carbons (Fsp3) is 0.227. The standard InChI is InChI=1S/C22H22ClFN2/c1-15-9-21(26-22(25)10-15)8-7-18-11-17(13-20(24)14-18)6-5-16-3-2-4-19(23)12-16/h2-4,9-14H,5-8H2,1H3,(H2,25,26). The smallest absolute Gasteiger partial charge is 0.123 e. The lowest BCUT2D eigenvalue weighted by atomic mass is 10.00. The second-order valence-corrected chi connectivity index (χ2v) is 7.09. The molecule has 1 aromatic heterocycles. The second-order valence-electron chi connectivity index (χ2n) is 6.66. The summed E-state index contributed by atoms with van der Waals surface area (Å²) in [6.07, 6.45) is 3.08. The SMILES string of the molecule is Cc1cc(N)nc(CCc2cc(F)cc(CCc3cccc(Cl)c3)c2)c1. The van der Waals surface area contributed by atoms with Crippen LogP contribution in [0.15, 0.2) is 54.6 Å². The van der Waals surface area contributed by atoms with Crippen LogP contribution in [0.5, 0.6) is 0 Å². The molecular weight excluding hydrogens is 347 g/mol. The van der Waals surface area contributed by atoms with E-state index in [2.05, 4.69) is 11.1 Å². The number of nitrogen functional groups attached to an aromatic ring is 1. The van der Waals surface area contributed by atoms with Gasteiger partial charge in [-0.1, -0.05) is 29.8 Å². The lowest BCUT2D eigenvalue weighted by molar-refractivity contribution is 0.622. The fourth-order valence-electron chi connectivity index (χ4n) is 3.16. The Morgan fingerprint density at radius 3 is 2.27 bits per heavy atom. The number of hydrogen-bond donors (Lipinski definition) is 1. The van der Waals surface area contributed by atoms with Gasteiger partial charge in [0, 0.05) is 10.7 Å². The van der Waals surface area contributed by atoms with Crippen molar-refractivity contribution in [2.75, 3.05) is 5.73 Å². The summed E-state index contributed by atoms with van der Waals surface area (Å²) in [7, 11) is 0. The van der Waals surface area contributed by atoms with Gasteiger partial charge in [0.15, 0.2) is 0 Å². The van der Waals surface area contributed by atoms with Gasteiger partial charge in [0.25, 0.3) is 0 Å². The second kappa shape index (κ2) is 8.33. The summed E-state index contributed by atoms with van der Waals surface area (Å²) in [6, 6.07) is 16.9. The van der Waals surface area contributed by atoms with Gasteiger partial charge in [0.05, 0.1) is 0 Å². The molecule has 4 heteroatoms. The molecule has 0 saturated heterocycles. The highest BCUT2D eigenvalue weighted by atomic mass is 35.5. The summed E-state index contributed by atoms with van der Waals surface area (Å²) in [5, 5.41) is 0.729. The van der Waals surface area contributed by atoms with Crippen molar-refractivity contribution in [1.29, 1.82) is 0 Å². The normalized spacial score (nSPS) is 10.9. The number of pyridine rings is 1. The molecular formula is C22H22ClFN2. The first-order valence-electron chi connectivity index (χ1n) is 8.74. The fourth-order valence-corrected chi connectivity index (χ4v) is 3.37. The van der Waals surface area contributed by atoms with Crippen LogP contribution in [-0.4, -0.2) is 4.98 Å². The Morgan fingerprint density at radius 1 is 0.885 bits per heavy atom. The van der Waals surface area contributed by atoms with Crippen LogP contribution < -0.4 is 5.73 Å². The first kappa shape index (κ1) is 18.4. The molecule has 2 aromatic carbocycles. The van der Waals surface area contributed by atoms with Gasteiger partial charge in [-0.15, -0.1) is 0 Å². The molecule has 0 spiro atoms. The molecule has 0 fully saturated rings. The van der Waals surface area contributed by atoms with Crippen molar-refractivity contribution in [3.8, 4) is 0 Å². The Hall–Kier alpha value is -2.39. The van der Waals surface area contributed by atoms with E-state index in [1.807, 2.05) is 43.3 Å². The number of aromatic nitrogens is 1. The minimum atomic E-state index is -0.194. The predicted molar refractivity (Wildman–Crippen MR) is 106 cm³/mol. The molecule has 2 nitrogen and oxygen atoms in total. The Bertz CT molecular complexity index is 888. The first-order chi connectivity index (χ1) is 12.5. The molecule has 2 N–H and O–H groups in total. The maximum Gasteiger partial charge on any atom is 0.123 e. The summed E-state index contributed by atoms with van der Waals surface area (Å²) in [4.78, 5) is 4.35. The molecule has 26 heavy (non-hydrogen) atoms. The Morgan fingerprint density at radius 2 is 1.58 bits per heavy atom. The number of benzene rings is 2. The third-order valence-corrected chi connectivity index (χ3v) is 4.56. The van der Waals surface area contributed by atoms with Crippen LogP contribution in [0, 0.1) is 12.7 Å².